The summed E-state index contributed by atoms with van der Waals surface area (Å²) in [7, 11) is 4.52. The Morgan fingerprint density at radius 3 is 1.41 bits per heavy atom. The first-order chi connectivity index (χ1) is 8.24. The van der Waals surface area contributed by atoms with Crippen molar-refractivity contribution in [2.24, 2.45) is 11.8 Å². The molecule has 0 atom stereocenters. The average Bonchev–Trinajstić information content (AvgIpc) is 2.34. The predicted octanol–water partition coefficient (Wildman–Crippen LogP) is 2.84. The van der Waals surface area contributed by atoms with Gasteiger partial charge in [0, 0.05) is 0 Å². The third-order valence-electron chi connectivity index (χ3n) is 4.90. The predicted molar refractivity (Wildman–Crippen MR) is 74.3 cm³/mol. The molecular formula is C15H30N2. The summed E-state index contributed by atoms with van der Waals surface area (Å²) < 4.78 is 0. The van der Waals surface area contributed by atoms with Crippen molar-refractivity contribution in [3.05, 3.63) is 0 Å². The minimum Gasteiger partial charge on any atom is -0.306 e. The summed E-state index contributed by atoms with van der Waals surface area (Å²) in [6.07, 6.45) is 10.3. The van der Waals surface area contributed by atoms with Crippen LogP contribution < -0.4 is 0 Å². The molecule has 2 nitrogen and oxygen atoms in total. The lowest BCUT2D eigenvalue weighted by Gasteiger charge is -2.31. The van der Waals surface area contributed by atoms with Gasteiger partial charge in [0.15, 0.2) is 0 Å². The third kappa shape index (κ3) is 4.59. The van der Waals surface area contributed by atoms with Crippen LogP contribution in [0.3, 0.4) is 0 Å². The molecule has 0 aromatic carbocycles. The summed E-state index contributed by atoms with van der Waals surface area (Å²) in [5.41, 5.74) is 0. The van der Waals surface area contributed by atoms with Gasteiger partial charge in [0.1, 0.15) is 0 Å². The van der Waals surface area contributed by atoms with Crippen LogP contribution in [0.2, 0.25) is 0 Å². The highest BCUT2D eigenvalue weighted by atomic mass is 15.1. The van der Waals surface area contributed by atoms with Crippen molar-refractivity contribution in [3.63, 3.8) is 0 Å². The molecule has 0 saturated carbocycles. The first kappa shape index (κ1) is 13.4. The molecule has 2 aliphatic rings. The van der Waals surface area contributed by atoms with Gasteiger partial charge in [0.05, 0.1) is 0 Å². The first-order valence-electron chi connectivity index (χ1n) is 7.61. The number of rotatable bonds is 4. The fourth-order valence-corrected chi connectivity index (χ4v) is 3.40. The van der Waals surface area contributed by atoms with Gasteiger partial charge in [-0.1, -0.05) is 19.3 Å². The van der Waals surface area contributed by atoms with Gasteiger partial charge in [0.25, 0.3) is 0 Å². The van der Waals surface area contributed by atoms with Crippen LogP contribution in [0, 0.1) is 11.8 Å². The van der Waals surface area contributed by atoms with E-state index in [0.29, 0.717) is 0 Å². The lowest BCUT2D eigenvalue weighted by molar-refractivity contribution is 0.191. The highest BCUT2D eigenvalue weighted by Gasteiger charge is 2.19. The summed E-state index contributed by atoms with van der Waals surface area (Å²) in [5.74, 6) is 2.08. The van der Waals surface area contributed by atoms with Crippen LogP contribution in [0.15, 0.2) is 0 Å². The molecule has 2 heteroatoms. The highest BCUT2D eigenvalue weighted by Crippen LogP contribution is 2.26. The van der Waals surface area contributed by atoms with Crippen LogP contribution in [0.5, 0.6) is 0 Å². The van der Waals surface area contributed by atoms with Crippen LogP contribution in [0.25, 0.3) is 0 Å². The molecule has 0 spiro atoms. The Labute approximate surface area is 107 Å². The van der Waals surface area contributed by atoms with Crippen molar-refractivity contribution in [1.29, 1.82) is 0 Å². The number of hydrogen-bond acceptors (Lipinski definition) is 2. The Balaban J connectivity index is 1.54. The molecule has 0 aromatic rings. The zero-order chi connectivity index (χ0) is 12.1. The van der Waals surface area contributed by atoms with E-state index in [4.69, 9.17) is 0 Å². The molecule has 0 aliphatic carbocycles. The fourth-order valence-electron chi connectivity index (χ4n) is 3.40. The maximum atomic E-state index is 2.48. The zero-order valence-electron chi connectivity index (χ0n) is 11.8. The number of nitrogens with zero attached hydrogens (tertiary/aromatic N) is 2. The molecule has 0 radical (unpaired) electrons. The van der Waals surface area contributed by atoms with E-state index in [0.717, 1.165) is 11.8 Å². The molecular weight excluding hydrogens is 208 g/mol. The molecule has 2 saturated heterocycles. The molecule has 2 aliphatic heterocycles. The SMILES string of the molecule is CN1CCC(CCCC2CCN(C)CC2)CC1. The molecule has 2 fully saturated rings. The molecule has 2 heterocycles. The third-order valence-corrected chi connectivity index (χ3v) is 4.90. The second-order valence-electron chi connectivity index (χ2n) is 6.42. The van der Waals surface area contributed by atoms with Crippen LogP contribution in [-0.4, -0.2) is 50.1 Å². The van der Waals surface area contributed by atoms with E-state index in [1.165, 1.54) is 71.1 Å². The highest BCUT2D eigenvalue weighted by molar-refractivity contribution is 4.73. The Morgan fingerprint density at radius 1 is 0.706 bits per heavy atom. The molecule has 0 bridgehead atoms. The van der Waals surface area contributed by atoms with Gasteiger partial charge in [-0.15, -0.1) is 0 Å². The standard InChI is InChI=1S/C15H30N2/c1-16-10-6-14(7-11-16)4-3-5-15-8-12-17(2)13-9-15/h14-15H,3-13H2,1-2H3. The topological polar surface area (TPSA) is 6.48 Å². The second-order valence-corrected chi connectivity index (χ2v) is 6.42. The van der Waals surface area contributed by atoms with Crippen molar-refractivity contribution in [1.82, 2.24) is 9.80 Å². The van der Waals surface area contributed by atoms with E-state index in [2.05, 4.69) is 23.9 Å². The van der Waals surface area contributed by atoms with Gasteiger partial charge in [-0.05, 0) is 77.8 Å². The molecule has 0 aromatic heterocycles. The van der Waals surface area contributed by atoms with Crippen LogP contribution in [-0.2, 0) is 0 Å². The number of piperidine rings is 2. The lowest BCUT2D eigenvalue weighted by atomic mass is 9.87. The lowest BCUT2D eigenvalue weighted by Crippen LogP contribution is -2.31. The van der Waals surface area contributed by atoms with Crippen LogP contribution in [0.1, 0.15) is 44.9 Å². The molecule has 0 amide bonds. The average molecular weight is 238 g/mol. The van der Waals surface area contributed by atoms with Gasteiger partial charge in [-0.25, -0.2) is 0 Å². The molecule has 0 unspecified atom stereocenters. The Bertz CT molecular complexity index is 179. The van der Waals surface area contributed by atoms with Gasteiger partial charge >= 0.3 is 0 Å². The smallest absolute Gasteiger partial charge is 0.00191 e. The normalized spacial score (nSPS) is 26.5. The summed E-state index contributed by atoms with van der Waals surface area (Å²) >= 11 is 0. The van der Waals surface area contributed by atoms with E-state index in [1.807, 2.05) is 0 Å². The fraction of sp³-hybridized carbons (Fsp3) is 1.00. The molecule has 17 heavy (non-hydrogen) atoms. The summed E-state index contributed by atoms with van der Waals surface area (Å²) in [6.45, 7) is 5.33. The van der Waals surface area contributed by atoms with E-state index >= 15 is 0 Å². The molecule has 2 rings (SSSR count). The van der Waals surface area contributed by atoms with Crippen LogP contribution in [0.4, 0.5) is 0 Å². The maximum absolute atomic E-state index is 2.48. The summed E-state index contributed by atoms with van der Waals surface area (Å²) in [4.78, 5) is 4.96. The summed E-state index contributed by atoms with van der Waals surface area (Å²) in [5, 5.41) is 0. The Morgan fingerprint density at radius 2 is 1.06 bits per heavy atom. The number of likely N-dealkylation sites (tertiary alicyclic amines) is 2. The van der Waals surface area contributed by atoms with Gasteiger partial charge in [0.2, 0.25) is 0 Å². The van der Waals surface area contributed by atoms with E-state index in [1.54, 1.807) is 0 Å². The second kappa shape index (κ2) is 6.75. The van der Waals surface area contributed by atoms with Crippen molar-refractivity contribution >= 4 is 0 Å². The molecule has 100 valence electrons. The van der Waals surface area contributed by atoms with Crippen molar-refractivity contribution in [2.75, 3.05) is 40.3 Å². The van der Waals surface area contributed by atoms with Gasteiger partial charge < -0.3 is 9.80 Å². The number of hydrogen-bond donors (Lipinski definition) is 0. The molecule has 0 N–H and O–H groups in total. The van der Waals surface area contributed by atoms with Crippen molar-refractivity contribution < 1.29 is 0 Å². The zero-order valence-corrected chi connectivity index (χ0v) is 11.8. The van der Waals surface area contributed by atoms with Crippen molar-refractivity contribution in [2.45, 2.75) is 44.9 Å². The quantitative estimate of drug-likeness (QED) is 0.743. The van der Waals surface area contributed by atoms with E-state index < -0.39 is 0 Å². The van der Waals surface area contributed by atoms with E-state index in [9.17, 15) is 0 Å². The Kier molecular flexibility index (Phi) is 5.30. The van der Waals surface area contributed by atoms with Crippen LogP contribution >= 0.6 is 0 Å². The maximum Gasteiger partial charge on any atom is -0.00191 e. The summed E-state index contributed by atoms with van der Waals surface area (Å²) in [6, 6.07) is 0. The minimum absolute atomic E-state index is 1.04. The first-order valence-corrected chi connectivity index (χ1v) is 7.61. The monoisotopic (exact) mass is 238 g/mol. The largest absolute Gasteiger partial charge is 0.306 e. The van der Waals surface area contributed by atoms with Gasteiger partial charge in [-0.3, -0.25) is 0 Å². The van der Waals surface area contributed by atoms with Gasteiger partial charge in [-0.2, -0.15) is 0 Å². The Hall–Kier alpha value is -0.0800. The van der Waals surface area contributed by atoms with Crippen molar-refractivity contribution in [3.8, 4) is 0 Å². The minimum atomic E-state index is 1.04. The van der Waals surface area contributed by atoms with E-state index in [-0.39, 0.29) is 0 Å².